The Morgan fingerprint density at radius 1 is 1.15 bits per heavy atom. The first-order valence-electron chi connectivity index (χ1n) is 9.21. The summed E-state index contributed by atoms with van der Waals surface area (Å²) in [5.41, 5.74) is 3.89. The van der Waals surface area contributed by atoms with Crippen LogP contribution in [0.5, 0.6) is 0 Å². The van der Waals surface area contributed by atoms with Gasteiger partial charge in [0.15, 0.2) is 0 Å². The van der Waals surface area contributed by atoms with Crippen molar-refractivity contribution < 1.29 is 4.79 Å². The van der Waals surface area contributed by atoms with Crippen LogP contribution in [0.1, 0.15) is 33.8 Å². The third-order valence-corrected chi connectivity index (χ3v) is 5.93. The maximum absolute atomic E-state index is 12.6. The molecule has 0 aliphatic carbocycles. The number of carbonyl (C=O) groups excluding carboxylic acids is 1. The highest BCUT2D eigenvalue weighted by atomic mass is 32.1. The van der Waals surface area contributed by atoms with E-state index < -0.39 is 0 Å². The number of rotatable bonds is 5. The van der Waals surface area contributed by atoms with Crippen LogP contribution in [0.3, 0.4) is 0 Å². The molecule has 1 N–H and O–H groups in total. The molecule has 0 bridgehead atoms. The monoisotopic (exact) mass is 378 g/mol. The molecule has 0 atom stereocenters. The summed E-state index contributed by atoms with van der Waals surface area (Å²) < 4.78 is 0. The topological polar surface area (TPSA) is 58.1 Å². The first-order valence-corrected chi connectivity index (χ1v) is 10.0. The fraction of sp³-hybridized carbons (Fsp3) is 0.286. The first-order chi connectivity index (χ1) is 13.2. The Kier molecular flexibility index (Phi) is 5.16. The van der Waals surface area contributed by atoms with Gasteiger partial charge in [0.05, 0.1) is 11.4 Å². The van der Waals surface area contributed by atoms with Crippen molar-refractivity contribution >= 4 is 22.9 Å². The van der Waals surface area contributed by atoms with Crippen molar-refractivity contribution in [3.8, 4) is 10.7 Å². The van der Waals surface area contributed by atoms with Crippen LogP contribution >= 0.6 is 11.3 Å². The number of nitrogens with one attached hydrogen (secondary N) is 1. The van der Waals surface area contributed by atoms with E-state index in [1.165, 1.54) is 29.9 Å². The SMILES string of the molecule is Cc1nc(-c2ccccn2)sc1C(=O)NCc1ccc(N2CCCC2)cc1. The molecular weight excluding hydrogens is 356 g/mol. The second-order valence-corrected chi connectivity index (χ2v) is 7.69. The minimum atomic E-state index is -0.0872. The number of amides is 1. The molecule has 1 aromatic carbocycles. The molecular formula is C21H22N4OS. The molecule has 1 saturated heterocycles. The molecule has 3 heterocycles. The highest BCUT2D eigenvalue weighted by Crippen LogP contribution is 2.26. The lowest BCUT2D eigenvalue weighted by Crippen LogP contribution is -2.22. The zero-order valence-corrected chi connectivity index (χ0v) is 16.1. The van der Waals surface area contributed by atoms with Gasteiger partial charge in [-0.1, -0.05) is 18.2 Å². The van der Waals surface area contributed by atoms with Crippen molar-refractivity contribution in [3.05, 3.63) is 64.8 Å². The number of hydrogen-bond acceptors (Lipinski definition) is 5. The van der Waals surface area contributed by atoms with Crippen molar-refractivity contribution in [2.75, 3.05) is 18.0 Å². The van der Waals surface area contributed by atoms with Crippen molar-refractivity contribution in [1.82, 2.24) is 15.3 Å². The van der Waals surface area contributed by atoms with Crippen LogP contribution in [0, 0.1) is 6.92 Å². The third kappa shape index (κ3) is 4.01. The maximum Gasteiger partial charge on any atom is 0.263 e. The second-order valence-electron chi connectivity index (χ2n) is 6.69. The predicted octanol–water partition coefficient (Wildman–Crippen LogP) is 4.04. The molecule has 0 unspecified atom stereocenters. The smallest absolute Gasteiger partial charge is 0.263 e. The van der Waals surface area contributed by atoms with Crippen molar-refractivity contribution in [3.63, 3.8) is 0 Å². The summed E-state index contributed by atoms with van der Waals surface area (Å²) in [7, 11) is 0. The van der Waals surface area contributed by atoms with Crippen LogP contribution in [-0.2, 0) is 6.54 Å². The molecule has 1 aliphatic heterocycles. The van der Waals surface area contributed by atoms with E-state index in [-0.39, 0.29) is 5.91 Å². The van der Waals surface area contributed by atoms with Crippen molar-refractivity contribution in [2.24, 2.45) is 0 Å². The summed E-state index contributed by atoms with van der Waals surface area (Å²) in [5, 5.41) is 3.78. The molecule has 27 heavy (non-hydrogen) atoms. The lowest BCUT2D eigenvalue weighted by molar-refractivity contribution is 0.0954. The fourth-order valence-corrected chi connectivity index (χ4v) is 4.23. The summed E-state index contributed by atoms with van der Waals surface area (Å²) in [6.45, 7) is 4.65. The van der Waals surface area contributed by atoms with Crippen LogP contribution in [0.15, 0.2) is 48.7 Å². The van der Waals surface area contributed by atoms with Crippen molar-refractivity contribution in [2.45, 2.75) is 26.3 Å². The number of benzene rings is 1. The Labute approximate surface area is 163 Å². The molecule has 2 aromatic heterocycles. The largest absolute Gasteiger partial charge is 0.372 e. The van der Waals surface area contributed by atoms with Gasteiger partial charge in [-0.05, 0) is 49.6 Å². The van der Waals surface area contributed by atoms with Gasteiger partial charge >= 0.3 is 0 Å². The number of aryl methyl sites for hydroxylation is 1. The zero-order valence-electron chi connectivity index (χ0n) is 15.3. The van der Waals surface area contributed by atoms with E-state index in [0.29, 0.717) is 11.4 Å². The highest BCUT2D eigenvalue weighted by molar-refractivity contribution is 7.17. The lowest BCUT2D eigenvalue weighted by Gasteiger charge is -2.17. The summed E-state index contributed by atoms with van der Waals surface area (Å²) >= 11 is 1.38. The lowest BCUT2D eigenvalue weighted by atomic mass is 10.2. The minimum absolute atomic E-state index is 0.0872. The maximum atomic E-state index is 12.6. The number of nitrogens with zero attached hydrogens (tertiary/aromatic N) is 3. The summed E-state index contributed by atoms with van der Waals surface area (Å²) in [4.78, 5) is 24.4. The van der Waals surface area contributed by atoms with E-state index in [2.05, 4.69) is 44.5 Å². The van der Waals surface area contributed by atoms with Gasteiger partial charge in [0.2, 0.25) is 0 Å². The van der Waals surface area contributed by atoms with Gasteiger partial charge in [-0.2, -0.15) is 0 Å². The second kappa shape index (κ2) is 7.88. The Morgan fingerprint density at radius 2 is 1.93 bits per heavy atom. The van der Waals surface area contributed by atoms with E-state index >= 15 is 0 Å². The van der Waals surface area contributed by atoms with E-state index in [1.54, 1.807) is 6.20 Å². The third-order valence-electron chi connectivity index (χ3n) is 4.75. The molecule has 4 rings (SSSR count). The van der Waals surface area contributed by atoms with Gasteiger partial charge in [0.1, 0.15) is 9.88 Å². The van der Waals surface area contributed by atoms with E-state index in [0.717, 1.165) is 35.0 Å². The fourth-order valence-electron chi connectivity index (χ4n) is 3.27. The molecule has 0 saturated carbocycles. The highest BCUT2D eigenvalue weighted by Gasteiger charge is 2.17. The number of anilines is 1. The van der Waals surface area contributed by atoms with E-state index in [1.807, 2.05) is 25.1 Å². The van der Waals surface area contributed by atoms with Crippen molar-refractivity contribution in [1.29, 1.82) is 0 Å². The molecule has 3 aromatic rings. The minimum Gasteiger partial charge on any atom is -0.372 e. The summed E-state index contributed by atoms with van der Waals surface area (Å²) in [6.07, 6.45) is 4.27. The van der Waals surface area contributed by atoms with Crippen LogP contribution in [0.4, 0.5) is 5.69 Å². The van der Waals surface area contributed by atoms with Crippen LogP contribution < -0.4 is 10.2 Å². The first kappa shape index (κ1) is 17.7. The zero-order chi connectivity index (χ0) is 18.6. The van der Waals surface area contributed by atoms with Gasteiger partial charge in [-0.15, -0.1) is 11.3 Å². The quantitative estimate of drug-likeness (QED) is 0.728. The average Bonchev–Trinajstić information content (AvgIpc) is 3.37. The standard InChI is InChI=1S/C21H22N4OS/c1-15-19(27-21(24-15)18-6-2-3-11-22-18)20(26)23-14-16-7-9-17(10-8-16)25-12-4-5-13-25/h2-3,6-11H,4-5,12-14H2,1H3,(H,23,26). The normalized spacial score (nSPS) is 13.7. The van der Waals surface area contributed by atoms with Crippen LogP contribution in [-0.4, -0.2) is 29.0 Å². The van der Waals surface area contributed by atoms with Crippen LogP contribution in [0.25, 0.3) is 10.7 Å². The number of hydrogen-bond donors (Lipinski definition) is 1. The number of pyridine rings is 1. The van der Waals surface area contributed by atoms with E-state index in [9.17, 15) is 4.79 Å². The van der Waals surface area contributed by atoms with Gasteiger partial charge in [-0.3, -0.25) is 9.78 Å². The average molecular weight is 379 g/mol. The molecule has 1 amide bonds. The molecule has 5 nitrogen and oxygen atoms in total. The van der Waals surface area contributed by atoms with Crippen LogP contribution in [0.2, 0.25) is 0 Å². The molecule has 1 fully saturated rings. The molecule has 0 radical (unpaired) electrons. The van der Waals surface area contributed by atoms with Gasteiger partial charge < -0.3 is 10.2 Å². The Morgan fingerprint density at radius 3 is 2.63 bits per heavy atom. The number of thiazole rings is 1. The molecule has 0 spiro atoms. The predicted molar refractivity (Wildman–Crippen MR) is 109 cm³/mol. The van der Waals surface area contributed by atoms with Gasteiger partial charge in [0, 0.05) is 31.5 Å². The Bertz CT molecular complexity index is 915. The Balaban J connectivity index is 1.40. The Hall–Kier alpha value is -2.73. The van der Waals surface area contributed by atoms with Gasteiger partial charge in [-0.25, -0.2) is 4.98 Å². The summed E-state index contributed by atoms with van der Waals surface area (Å²) in [5.74, 6) is -0.0872. The number of carbonyl (C=O) groups is 1. The number of aromatic nitrogens is 2. The molecule has 138 valence electrons. The van der Waals surface area contributed by atoms with E-state index in [4.69, 9.17) is 0 Å². The molecule has 6 heteroatoms. The molecule has 1 aliphatic rings. The summed E-state index contributed by atoms with van der Waals surface area (Å²) in [6, 6.07) is 14.2. The van der Waals surface area contributed by atoms with Gasteiger partial charge in [0.25, 0.3) is 5.91 Å².